The summed E-state index contributed by atoms with van der Waals surface area (Å²) in [4.78, 5) is 36.3. The van der Waals surface area contributed by atoms with Crippen LogP contribution in [0.1, 0.15) is 78.6 Å². The first-order chi connectivity index (χ1) is 16.7. The molecule has 0 bridgehead atoms. The number of hydrogen-bond acceptors (Lipinski definition) is 6. The molecule has 8 atom stereocenters. The van der Waals surface area contributed by atoms with Crippen LogP contribution >= 0.6 is 0 Å². The van der Waals surface area contributed by atoms with E-state index in [1.165, 1.54) is 0 Å². The van der Waals surface area contributed by atoms with Crippen LogP contribution in [0.5, 0.6) is 0 Å². The van der Waals surface area contributed by atoms with Gasteiger partial charge in [0.25, 0.3) is 0 Å². The van der Waals surface area contributed by atoms with Crippen LogP contribution in [0.4, 0.5) is 0 Å². The van der Waals surface area contributed by atoms with Gasteiger partial charge in [0, 0.05) is 12.3 Å². The number of nitrogens with one attached hydrogen (secondary N) is 1. The molecule has 36 heavy (non-hydrogen) atoms. The molecule has 4 aliphatic rings. The first kappa shape index (κ1) is 27.3. The van der Waals surface area contributed by atoms with Gasteiger partial charge in [-0.1, -0.05) is 26.3 Å². The lowest BCUT2D eigenvalue weighted by atomic mass is 9.46. The van der Waals surface area contributed by atoms with Gasteiger partial charge in [0.15, 0.2) is 5.78 Å². The van der Waals surface area contributed by atoms with Crippen LogP contribution in [0.15, 0.2) is 11.6 Å². The largest absolute Gasteiger partial charge is 0.480 e. The molecule has 4 rings (SSSR count). The lowest BCUT2D eigenvalue weighted by Gasteiger charge is -2.57. The average Bonchev–Trinajstić information content (AvgIpc) is 3.13. The van der Waals surface area contributed by atoms with E-state index in [-0.39, 0.29) is 46.8 Å². The molecule has 1 amide bonds. The molecule has 10 heteroatoms. The van der Waals surface area contributed by atoms with E-state index in [0.717, 1.165) is 37.7 Å². The molecule has 0 aromatic heterocycles. The highest BCUT2D eigenvalue weighted by molar-refractivity contribution is 7.80. The first-order valence-electron chi connectivity index (χ1n) is 13.1. The third-order valence-electron chi connectivity index (χ3n) is 10.2. The van der Waals surface area contributed by atoms with E-state index in [4.69, 9.17) is 13.8 Å². The summed E-state index contributed by atoms with van der Waals surface area (Å²) in [6, 6.07) is 0. The molecule has 3 fully saturated rings. The summed E-state index contributed by atoms with van der Waals surface area (Å²) in [5.74, 6) is -0.0221. The Kier molecular flexibility index (Phi) is 7.45. The lowest BCUT2D eigenvalue weighted by molar-refractivity contribution is -0.138. The summed E-state index contributed by atoms with van der Waals surface area (Å²) >= 11 is 0. The highest BCUT2D eigenvalue weighted by Gasteiger charge is 2.61. The summed E-state index contributed by atoms with van der Waals surface area (Å²) in [5, 5.41) is 11.2. The molecule has 0 unspecified atom stereocenters. The summed E-state index contributed by atoms with van der Waals surface area (Å²) in [6.07, 6.45) is 7.65. The molecule has 4 aliphatic carbocycles. The van der Waals surface area contributed by atoms with Gasteiger partial charge in [-0.25, -0.2) is 4.18 Å². The Hall–Kier alpha value is -1.78. The minimum atomic E-state index is -4.53. The molecule has 3 saturated carbocycles. The quantitative estimate of drug-likeness (QED) is 0.408. The molecule has 0 radical (unpaired) electrons. The summed E-state index contributed by atoms with van der Waals surface area (Å²) in [6.45, 7) is 6.34. The predicted octanol–water partition coefficient (Wildman–Crippen LogP) is 3.55. The number of carboxylic acids is 1. The minimum absolute atomic E-state index is 0.0146. The standard InChI is InChI=1S/C26H39NO8S/c1-15(4-7-22(29)27-14-23(30)31)18-5-6-19-24-20(9-11-26(18,19)3)25(2)10-8-17(35-36(32,33)34)12-16(25)13-21(24)28/h13,15,17-20,24H,4-12,14H2,1-3H3,(H,27,29)(H,30,31)(H,32,33,34)/t15-,17+,18-,19+,20+,24+,25+,26-/m1/s1. The number of carbonyl (C=O) groups is 3. The van der Waals surface area contributed by atoms with Crippen LogP contribution in [0, 0.1) is 40.4 Å². The van der Waals surface area contributed by atoms with Crippen LogP contribution in [0.3, 0.4) is 0 Å². The molecule has 0 aromatic rings. The Morgan fingerprint density at radius 3 is 2.56 bits per heavy atom. The van der Waals surface area contributed by atoms with Crippen molar-refractivity contribution in [1.82, 2.24) is 5.32 Å². The van der Waals surface area contributed by atoms with Crippen molar-refractivity contribution in [3.63, 3.8) is 0 Å². The second-order valence-corrected chi connectivity index (χ2v) is 13.1. The molecule has 9 nitrogen and oxygen atoms in total. The summed E-state index contributed by atoms with van der Waals surface area (Å²) in [5.41, 5.74) is 0.790. The van der Waals surface area contributed by atoms with Gasteiger partial charge >= 0.3 is 16.4 Å². The molecular weight excluding hydrogens is 486 g/mol. The zero-order valence-electron chi connectivity index (χ0n) is 21.4. The summed E-state index contributed by atoms with van der Waals surface area (Å²) in [7, 11) is -4.53. The van der Waals surface area contributed by atoms with E-state index in [2.05, 4.69) is 26.1 Å². The topological polar surface area (TPSA) is 147 Å². The molecular formula is C26H39NO8S. The predicted molar refractivity (Wildman–Crippen MR) is 131 cm³/mol. The van der Waals surface area contributed by atoms with E-state index in [9.17, 15) is 22.8 Å². The zero-order chi connectivity index (χ0) is 26.5. The molecule has 0 aromatic carbocycles. The minimum Gasteiger partial charge on any atom is -0.480 e. The maximum absolute atomic E-state index is 13.5. The van der Waals surface area contributed by atoms with Crippen molar-refractivity contribution in [2.45, 2.75) is 84.7 Å². The van der Waals surface area contributed by atoms with Gasteiger partial charge in [-0.3, -0.25) is 18.9 Å². The van der Waals surface area contributed by atoms with E-state index in [0.29, 0.717) is 37.5 Å². The van der Waals surface area contributed by atoms with Crippen molar-refractivity contribution in [2.75, 3.05) is 6.54 Å². The second-order valence-electron chi connectivity index (χ2n) is 12.0. The van der Waals surface area contributed by atoms with Crippen LogP contribution in [0.2, 0.25) is 0 Å². The molecule has 0 aliphatic heterocycles. The molecule has 0 saturated heterocycles. The monoisotopic (exact) mass is 525 g/mol. The van der Waals surface area contributed by atoms with E-state index in [1.807, 2.05) is 0 Å². The number of ketones is 1. The van der Waals surface area contributed by atoms with Gasteiger partial charge in [0.1, 0.15) is 6.54 Å². The van der Waals surface area contributed by atoms with Gasteiger partial charge in [0.2, 0.25) is 5.91 Å². The van der Waals surface area contributed by atoms with Crippen LogP contribution < -0.4 is 5.32 Å². The Morgan fingerprint density at radius 1 is 1.17 bits per heavy atom. The van der Waals surface area contributed by atoms with E-state index >= 15 is 0 Å². The normalized spacial score (nSPS) is 38.8. The Bertz CT molecular complexity index is 1050. The lowest BCUT2D eigenvalue weighted by Crippen LogP contribution is -2.54. The fourth-order valence-corrected chi connectivity index (χ4v) is 8.93. The average molecular weight is 526 g/mol. The zero-order valence-corrected chi connectivity index (χ0v) is 22.2. The van der Waals surface area contributed by atoms with Crippen molar-refractivity contribution in [3.8, 4) is 0 Å². The van der Waals surface area contributed by atoms with Crippen molar-refractivity contribution in [1.29, 1.82) is 0 Å². The van der Waals surface area contributed by atoms with Crippen molar-refractivity contribution in [3.05, 3.63) is 11.6 Å². The number of fused-ring (bicyclic) bond motifs is 5. The Balaban J connectivity index is 1.47. The number of allylic oxidation sites excluding steroid dienone is 1. The number of amides is 1. The molecule has 202 valence electrons. The van der Waals surface area contributed by atoms with Gasteiger partial charge in [-0.2, -0.15) is 8.42 Å². The Labute approximate surface area is 213 Å². The van der Waals surface area contributed by atoms with Crippen LogP contribution in [-0.2, 0) is 29.0 Å². The van der Waals surface area contributed by atoms with E-state index in [1.54, 1.807) is 6.08 Å². The maximum Gasteiger partial charge on any atom is 0.397 e. The van der Waals surface area contributed by atoms with Gasteiger partial charge < -0.3 is 10.4 Å². The van der Waals surface area contributed by atoms with E-state index < -0.39 is 22.5 Å². The van der Waals surface area contributed by atoms with Crippen molar-refractivity contribution < 1.29 is 36.6 Å². The SMILES string of the molecule is C[C@H](CCC(=O)NCC(=O)O)[C@H]1CC[C@H]2[C@@H]3C(=O)C=C4C[C@@H](OS(=O)(=O)O)CC[C@]4(C)[C@H]3CC[C@]12C. The van der Waals surface area contributed by atoms with Gasteiger partial charge in [0.05, 0.1) is 6.10 Å². The highest BCUT2D eigenvalue weighted by atomic mass is 32.3. The number of aliphatic carboxylic acids is 1. The number of carbonyl (C=O) groups excluding carboxylic acids is 2. The van der Waals surface area contributed by atoms with Crippen molar-refractivity contribution in [2.24, 2.45) is 40.4 Å². The summed E-state index contributed by atoms with van der Waals surface area (Å²) < 4.78 is 36.4. The van der Waals surface area contributed by atoms with Gasteiger partial charge in [-0.05, 0) is 91.9 Å². The third kappa shape index (κ3) is 5.13. The molecule has 3 N–H and O–H groups in total. The fraction of sp³-hybridized carbons (Fsp3) is 0.808. The maximum atomic E-state index is 13.5. The smallest absolute Gasteiger partial charge is 0.397 e. The number of carboxylic acid groups (broad SMARTS) is 1. The van der Waals surface area contributed by atoms with Crippen LogP contribution in [0.25, 0.3) is 0 Å². The van der Waals surface area contributed by atoms with Crippen molar-refractivity contribution >= 4 is 28.1 Å². The molecule has 0 spiro atoms. The van der Waals surface area contributed by atoms with Gasteiger partial charge in [-0.15, -0.1) is 0 Å². The second kappa shape index (κ2) is 9.83. The Morgan fingerprint density at radius 2 is 1.89 bits per heavy atom. The fourth-order valence-electron chi connectivity index (χ4n) is 8.42. The first-order valence-corrected chi connectivity index (χ1v) is 14.5. The number of hydrogen-bond donors (Lipinski definition) is 3. The van der Waals surface area contributed by atoms with Crippen LogP contribution in [-0.4, -0.2) is 48.4 Å². The third-order valence-corrected chi connectivity index (χ3v) is 10.7. The number of rotatable bonds is 8. The molecule has 0 heterocycles. The highest BCUT2D eigenvalue weighted by Crippen LogP contribution is 2.66.